The number of hydrogen-bond donors (Lipinski definition) is 1. The van der Waals surface area contributed by atoms with Crippen LogP contribution in [0.1, 0.15) is 41.0 Å². The first-order valence-corrected chi connectivity index (χ1v) is 8.76. The second-order valence-corrected chi connectivity index (χ2v) is 7.82. The Bertz CT molecular complexity index is 562. The number of benzene rings is 1. The van der Waals surface area contributed by atoms with Crippen molar-refractivity contribution < 1.29 is 0 Å². The standard InChI is InChI=1S/C17H22BrNS/c1-4-9-19-16(11-14-6-8-17(18)20-14)15-7-5-12(2)10-13(15)3/h5-8,10,16,19H,4,9,11H2,1-3H3. The average Bonchev–Trinajstić information content (AvgIpc) is 2.80. The molecule has 0 amide bonds. The third-order valence-electron chi connectivity index (χ3n) is 3.48. The molecule has 0 bridgehead atoms. The van der Waals surface area contributed by atoms with Crippen LogP contribution in [0.25, 0.3) is 0 Å². The van der Waals surface area contributed by atoms with Crippen molar-refractivity contribution in [2.45, 2.75) is 39.7 Å². The van der Waals surface area contributed by atoms with Crippen LogP contribution in [0.3, 0.4) is 0 Å². The zero-order valence-corrected chi connectivity index (χ0v) is 14.8. The van der Waals surface area contributed by atoms with E-state index in [0.717, 1.165) is 19.4 Å². The number of thiophene rings is 1. The van der Waals surface area contributed by atoms with E-state index in [4.69, 9.17) is 0 Å². The predicted molar refractivity (Wildman–Crippen MR) is 92.7 cm³/mol. The van der Waals surface area contributed by atoms with Crippen molar-refractivity contribution in [3.63, 3.8) is 0 Å². The summed E-state index contributed by atoms with van der Waals surface area (Å²) < 4.78 is 1.21. The fourth-order valence-corrected chi connectivity index (χ4v) is 4.02. The number of hydrogen-bond acceptors (Lipinski definition) is 2. The summed E-state index contributed by atoms with van der Waals surface area (Å²) in [5, 5.41) is 3.70. The monoisotopic (exact) mass is 351 g/mol. The summed E-state index contributed by atoms with van der Waals surface area (Å²) in [5.74, 6) is 0. The van der Waals surface area contributed by atoms with Crippen LogP contribution in [0, 0.1) is 13.8 Å². The molecule has 1 aromatic heterocycles. The third-order valence-corrected chi connectivity index (χ3v) is 5.12. The highest BCUT2D eigenvalue weighted by molar-refractivity contribution is 9.11. The van der Waals surface area contributed by atoms with Crippen LogP contribution < -0.4 is 5.32 Å². The van der Waals surface area contributed by atoms with Gasteiger partial charge in [-0.3, -0.25) is 0 Å². The summed E-state index contributed by atoms with van der Waals surface area (Å²) >= 11 is 5.38. The molecule has 1 unspecified atom stereocenters. The molecule has 0 aliphatic carbocycles. The van der Waals surface area contributed by atoms with Gasteiger partial charge in [-0.05, 0) is 66.0 Å². The Labute approximate surface area is 134 Å². The normalized spacial score (nSPS) is 12.6. The summed E-state index contributed by atoms with van der Waals surface area (Å²) in [4.78, 5) is 1.42. The van der Waals surface area contributed by atoms with Gasteiger partial charge in [0.25, 0.3) is 0 Å². The Morgan fingerprint density at radius 3 is 2.60 bits per heavy atom. The quantitative estimate of drug-likeness (QED) is 0.733. The Morgan fingerprint density at radius 1 is 1.20 bits per heavy atom. The first-order valence-electron chi connectivity index (χ1n) is 7.15. The van der Waals surface area contributed by atoms with Gasteiger partial charge in [-0.1, -0.05) is 30.7 Å². The Balaban J connectivity index is 2.22. The van der Waals surface area contributed by atoms with E-state index in [-0.39, 0.29) is 0 Å². The molecule has 0 fully saturated rings. The van der Waals surface area contributed by atoms with Crippen LogP contribution in [-0.2, 0) is 6.42 Å². The maximum atomic E-state index is 3.70. The molecule has 2 rings (SSSR count). The van der Waals surface area contributed by atoms with Crippen molar-refractivity contribution in [3.8, 4) is 0 Å². The van der Waals surface area contributed by atoms with Crippen molar-refractivity contribution in [1.29, 1.82) is 0 Å². The lowest BCUT2D eigenvalue weighted by molar-refractivity contribution is 0.530. The zero-order valence-electron chi connectivity index (χ0n) is 12.4. The van der Waals surface area contributed by atoms with E-state index in [1.807, 2.05) is 11.3 Å². The van der Waals surface area contributed by atoms with Crippen LogP contribution in [0.4, 0.5) is 0 Å². The SMILES string of the molecule is CCCNC(Cc1ccc(Br)s1)c1ccc(C)cc1C. The highest BCUT2D eigenvalue weighted by Crippen LogP contribution is 2.28. The molecule has 1 heterocycles. The molecule has 0 aliphatic rings. The molecule has 3 heteroatoms. The lowest BCUT2D eigenvalue weighted by Crippen LogP contribution is -2.24. The van der Waals surface area contributed by atoms with Gasteiger partial charge in [0.05, 0.1) is 3.79 Å². The minimum absolute atomic E-state index is 0.404. The van der Waals surface area contributed by atoms with Crippen molar-refractivity contribution >= 4 is 27.3 Å². The van der Waals surface area contributed by atoms with Crippen molar-refractivity contribution in [2.24, 2.45) is 0 Å². The van der Waals surface area contributed by atoms with E-state index >= 15 is 0 Å². The molecule has 0 aliphatic heterocycles. The second kappa shape index (κ2) is 7.39. The molecule has 20 heavy (non-hydrogen) atoms. The Kier molecular flexibility index (Phi) is 5.82. The molecule has 0 spiro atoms. The molecule has 1 atom stereocenters. The molecule has 1 N–H and O–H groups in total. The van der Waals surface area contributed by atoms with Crippen LogP contribution in [-0.4, -0.2) is 6.54 Å². The molecular formula is C17H22BrNS. The summed E-state index contributed by atoms with van der Waals surface area (Å²) in [6, 6.07) is 11.5. The largest absolute Gasteiger partial charge is 0.310 e. The van der Waals surface area contributed by atoms with Crippen molar-refractivity contribution in [3.05, 3.63) is 55.7 Å². The number of nitrogens with one attached hydrogen (secondary N) is 1. The molecule has 2 aromatic rings. The van der Waals surface area contributed by atoms with Gasteiger partial charge in [0.15, 0.2) is 0 Å². The molecule has 0 radical (unpaired) electrons. The molecule has 0 saturated carbocycles. The molecular weight excluding hydrogens is 330 g/mol. The summed E-state index contributed by atoms with van der Waals surface area (Å²) in [5.41, 5.74) is 4.14. The first-order chi connectivity index (χ1) is 9.60. The minimum Gasteiger partial charge on any atom is -0.310 e. The van der Waals surface area contributed by atoms with E-state index in [2.05, 4.69) is 72.3 Å². The molecule has 1 aromatic carbocycles. The summed E-state index contributed by atoms with van der Waals surface area (Å²) in [7, 11) is 0. The number of rotatable bonds is 6. The van der Waals surface area contributed by atoms with E-state index < -0.39 is 0 Å². The van der Waals surface area contributed by atoms with Crippen LogP contribution in [0.2, 0.25) is 0 Å². The van der Waals surface area contributed by atoms with Crippen molar-refractivity contribution in [2.75, 3.05) is 6.54 Å². The first kappa shape index (κ1) is 15.7. The van der Waals surface area contributed by atoms with Gasteiger partial charge in [-0.15, -0.1) is 11.3 Å². The van der Waals surface area contributed by atoms with E-state index in [9.17, 15) is 0 Å². The molecule has 0 saturated heterocycles. The van der Waals surface area contributed by atoms with E-state index in [0.29, 0.717) is 6.04 Å². The van der Waals surface area contributed by atoms with Crippen LogP contribution in [0.5, 0.6) is 0 Å². The van der Waals surface area contributed by atoms with Crippen LogP contribution >= 0.6 is 27.3 Å². The van der Waals surface area contributed by atoms with Gasteiger partial charge in [0, 0.05) is 17.3 Å². The number of aryl methyl sites for hydroxylation is 2. The maximum absolute atomic E-state index is 3.70. The van der Waals surface area contributed by atoms with Crippen LogP contribution in [0.15, 0.2) is 34.1 Å². The smallest absolute Gasteiger partial charge is 0.0701 e. The lowest BCUT2D eigenvalue weighted by Gasteiger charge is -2.21. The van der Waals surface area contributed by atoms with Gasteiger partial charge in [-0.2, -0.15) is 0 Å². The Hall–Kier alpha value is -0.640. The van der Waals surface area contributed by atoms with Gasteiger partial charge >= 0.3 is 0 Å². The van der Waals surface area contributed by atoms with Gasteiger partial charge < -0.3 is 5.32 Å². The second-order valence-electron chi connectivity index (χ2n) is 5.28. The van der Waals surface area contributed by atoms with E-state index in [1.165, 1.54) is 25.4 Å². The third kappa shape index (κ3) is 4.18. The highest BCUT2D eigenvalue weighted by Gasteiger charge is 2.15. The Morgan fingerprint density at radius 2 is 2.00 bits per heavy atom. The maximum Gasteiger partial charge on any atom is 0.0701 e. The van der Waals surface area contributed by atoms with Gasteiger partial charge in [-0.25, -0.2) is 0 Å². The zero-order chi connectivity index (χ0) is 14.5. The summed E-state index contributed by atoms with van der Waals surface area (Å²) in [6.07, 6.45) is 2.22. The molecule has 1 nitrogen and oxygen atoms in total. The van der Waals surface area contributed by atoms with Gasteiger partial charge in [0.2, 0.25) is 0 Å². The topological polar surface area (TPSA) is 12.0 Å². The predicted octanol–water partition coefficient (Wildman–Crippen LogP) is 5.41. The fourth-order valence-electron chi connectivity index (χ4n) is 2.49. The summed E-state index contributed by atoms with van der Waals surface area (Å²) in [6.45, 7) is 7.65. The van der Waals surface area contributed by atoms with Crippen molar-refractivity contribution in [1.82, 2.24) is 5.32 Å². The highest BCUT2D eigenvalue weighted by atomic mass is 79.9. The lowest BCUT2D eigenvalue weighted by atomic mass is 9.96. The number of halogens is 1. The molecule has 108 valence electrons. The van der Waals surface area contributed by atoms with Gasteiger partial charge in [0.1, 0.15) is 0 Å². The average molecular weight is 352 g/mol. The fraction of sp³-hybridized carbons (Fsp3) is 0.412. The minimum atomic E-state index is 0.404. The van der Waals surface area contributed by atoms with E-state index in [1.54, 1.807) is 0 Å².